The summed E-state index contributed by atoms with van der Waals surface area (Å²) in [5.41, 5.74) is 1.03. The minimum Gasteiger partial charge on any atom is -0.311 e. The van der Waals surface area contributed by atoms with Crippen LogP contribution in [0.25, 0.3) is 0 Å². The minimum absolute atomic E-state index is 0.503. The molecule has 0 amide bonds. The molecule has 20 heavy (non-hydrogen) atoms. The van der Waals surface area contributed by atoms with Gasteiger partial charge in [-0.3, -0.25) is 0 Å². The van der Waals surface area contributed by atoms with Gasteiger partial charge < -0.3 is 5.32 Å². The molecule has 1 aromatic rings. The molecule has 0 bridgehead atoms. The van der Waals surface area contributed by atoms with E-state index in [9.17, 15) is 8.42 Å². The van der Waals surface area contributed by atoms with E-state index >= 15 is 0 Å². The molecule has 0 aromatic carbocycles. The zero-order chi connectivity index (χ0) is 14.0. The van der Waals surface area contributed by atoms with Crippen LogP contribution in [-0.2, 0) is 23.2 Å². The highest BCUT2D eigenvalue weighted by molar-refractivity contribution is 7.90. The average Bonchev–Trinajstić information content (AvgIpc) is 2.63. The fraction of sp³-hybridized carbons (Fsp3) is 0.750. The second kappa shape index (κ2) is 5.97. The molecule has 0 radical (unpaired) electrons. The third-order valence-corrected chi connectivity index (χ3v) is 6.36. The number of thiazole rings is 1. The standard InChI is InChI=1S/C12H20N4O2S2/c17-20(18,16-7-3-1-2-4-8-16)15-12-14-10-5-6-13-9-11(10)19-12/h13H,1-9H2,(H,14,15). The summed E-state index contributed by atoms with van der Waals surface area (Å²) in [5, 5.41) is 3.77. The van der Waals surface area contributed by atoms with Gasteiger partial charge in [-0.25, -0.2) is 9.71 Å². The number of hydrogen-bond donors (Lipinski definition) is 2. The molecule has 2 N–H and O–H groups in total. The molecule has 0 aliphatic carbocycles. The van der Waals surface area contributed by atoms with Crippen molar-refractivity contribution in [1.82, 2.24) is 14.6 Å². The predicted octanol–water partition coefficient (Wildman–Crippen LogP) is 1.32. The number of hydrogen-bond acceptors (Lipinski definition) is 5. The Hall–Kier alpha value is -0.700. The van der Waals surface area contributed by atoms with E-state index in [-0.39, 0.29) is 0 Å². The summed E-state index contributed by atoms with van der Waals surface area (Å²) in [5.74, 6) is 0. The minimum atomic E-state index is -3.45. The second-order valence-electron chi connectivity index (χ2n) is 5.24. The zero-order valence-electron chi connectivity index (χ0n) is 11.4. The van der Waals surface area contributed by atoms with Gasteiger partial charge >= 0.3 is 10.2 Å². The van der Waals surface area contributed by atoms with E-state index < -0.39 is 10.2 Å². The van der Waals surface area contributed by atoms with Crippen molar-refractivity contribution < 1.29 is 8.42 Å². The summed E-state index contributed by atoms with van der Waals surface area (Å²) >= 11 is 1.44. The molecular formula is C12H20N4O2S2. The summed E-state index contributed by atoms with van der Waals surface area (Å²) in [6.07, 6.45) is 4.99. The van der Waals surface area contributed by atoms with E-state index in [0.29, 0.717) is 18.2 Å². The number of nitrogens with zero attached hydrogens (tertiary/aromatic N) is 2. The first-order valence-electron chi connectivity index (χ1n) is 7.12. The molecule has 2 aliphatic heterocycles. The van der Waals surface area contributed by atoms with E-state index in [0.717, 1.165) is 55.8 Å². The summed E-state index contributed by atoms with van der Waals surface area (Å²) in [4.78, 5) is 5.56. The Labute approximate surface area is 123 Å². The second-order valence-corrected chi connectivity index (χ2v) is 7.99. The maximum absolute atomic E-state index is 12.4. The SMILES string of the molecule is O=S(=O)(Nc1nc2c(s1)CNCC2)N1CCCCCC1. The van der Waals surface area contributed by atoms with E-state index in [2.05, 4.69) is 15.0 Å². The highest BCUT2D eigenvalue weighted by atomic mass is 32.2. The number of nitrogens with one attached hydrogen (secondary N) is 2. The average molecular weight is 316 g/mol. The van der Waals surface area contributed by atoms with Crippen molar-refractivity contribution in [1.29, 1.82) is 0 Å². The summed E-state index contributed by atoms with van der Waals surface area (Å²) in [6.45, 7) is 2.93. The highest BCUT2D eigenvalue weighted by Gasteiger charge is 2.25. The normalized spacial score (nSPS) is 21.2. The van der Waals surface area contributed by atoms with Gasteiger partial charge in [-0.2, -0.15) is 12.7 Å². The highest BCUT2D eigenvalue weighted by Crippen LogP contribution is 2.27. The third-order valence-electron chi connectivity index (χ3n) is 3.72. The van der Waals surface area contributed by atoms with Crippen molar-refractivity contribution in [2.24, 2.45) is 0 Å². The lowest BCUT2D eigenvalue weighted by atomic mass is 10.2. The van der Waals surface area contributed by atoms with Crippen LogP contribution in [0.3, 0.4) is 0 Å². The summed E-state index contributed by atoms with van der Waals surface area (Å²) < 4.78 is 29.0. The lowest BCUT2D eigenvalue weighted by molar-refractivity contribution is 0.427. The molecule has 0 unspecified atom stereocenters. The Balaban J connectivity index is 1.73. The molecule has 1 aromatic heterocycles. The first-order chi connectivity index (χ1) is 9.65. The van der Waals surface area contributed by atoms with Crippen LogP contribution < -0.4 is 10.0 Å². The smallest absolute Gasteiger partial charge is 0.303 e. The molecule has 1 saturated heterocycles. The van der Waals surface area contributed by atoms with E-state index in [1.165, 1.54) is 11.3 Å². The van der Waals surface area contributed by atoms with Gasteiger partial charge in [-0.1, -0.05) is 24.2 Å². The third kappa shape index (κ3) is 3.13. The van der Waals surface area contributed by atoms with Crippen LogP contribution >= 0.6 is 11.3 Å². The van der Waals surface area contributed by atoms with Crippen LogP contribution in [0, 0.1) is 0 Å². The Bertz CT molecular complexity index is 539. The van der Waals surface area contributed by atoms with Crippen molar-refractivity contribution >= 4 is 26.7 Å². The lowest BCUT2D eigenvalue weighted by Crippen LogP contribution is -2.36. The fourth-order valence-electron chi connectivity index (χ4n) is 2.63. The molecule has 0 atom stereocenters. The summed E-state index contributed by atoms with van der Waals surface area (Å²) in [7, 11) is -3.45. The van der Waals surface area contributed by atoms with Gasteiger partial charge in [0, 0.05) is 37.5 Å². The van der Waals surface area contributed by atoms with Crippen molar-refractivity contribution in [2.45, 2.75) is 38.6 Å². The monoisotopic (exact) mass is 316 g/mol. The van der Waals surface area contributed by atoms with Gasteiger partial charge in [0.05, 0.1) is 5.69 Å². The maximum atomic E-state index is 12.4. The van der Waals surface area contributed by atoms with E-state index in [4.69, 9.17) is 0 Å². The van der Waals surface area contributed by atoms with Crippen LogP contribution in [0.4, 0.5) is 5.13 Å². The van der Waals surface area contributed by atoms with Crippen molar-refractivity contribution in [3.8, 4) is 0 Å². The predicted molar refractivity (Wildman–Crippen MR) is 80.1 cm³/mol. The van der Waals surface area contributed by atoms with E-state index in [1.807, 2.05) is 0 Å². The van der Waals surface area contributed by atoms with Crippen LogP contribution in [0.2, 0.25) is 0 Å². The molecule has 3 rings (SSSR count). The van der Waals surface area contributed by atoms with E-state index in [1.54, 1.807) is 4.31 Å². The maximum Gasteiger partial charge on any atom is 0.303 e. The fourth-order valence-corrected chi connectivity index (χ4v) is 5.07. The van der Waals surface area contributed by atoms with Gasteiger partial charge in [-0.15, -0.1) is 0 Å². The van der Waals surface area contributed by atoms with Crippen molar-refractivity contribution in [3.05, 3.63) is 10.6 Å². The number of rotatable bonds is 3. The first kappa shape index (κ1) is 14.2. The zero-order valence-corrected chi connectivity index (χ0v) is 13.0. The van der Waals surface area contributed by atoms with Crippen LogP contribution in [0.1, 0.15) is 36.3 Å². The quantitative estimate of drug-likeness (QED) is 0.882. The Morgan fingerprint density at radius 2 is 1.95 bits per heavy atom. The number of anilines is 1. The molecule has 0 spiro atoms. The van der Waals surface area contributed by atoms with Crippen LogP contribution in [0.5, 0.6) is 0 Å². The van der Waals surface area contributed by atoms with Crippen LogP contribution in [0.15, 0.2) is 0 Å². The molecule has 3 heterocycles. The van der Waals surface area contributed by atoms with Gasteiger partial charge in [0.1, 0.15) is 0 Å². The van der Waals surface area contributed by atoms with Crippen LogP contribution in [-0.4, -0.2) is 37.3 Å². The molecule has 0 saturated carbocycles. The molecule has 2 aliphatic rings. The number of aromatic nitrogens is 1. The first-order valence-corrected chi connectivity index (χ1v) is 9.38. The molecule has 6 nitrogen and oxygen atoms in total. The molecule has 8 heteroatoms. The molecule has 1 fully saturated rings. The van der Waals surface area contributed by atoms with Gasteiger partial charge in [0.2, 0.25) is 0 Å². The lowest BCUT2D eigenvalue weighted by Gasteiger charge is -2.19. The Morgan fingerprint density at radius 3 is 2.65 bits per heavy atom. The molecular weight excluding hydrogens is 296 g/mol. The van der Waals surface area contributed by atoms with Crippen molar-refractivity contribution in [2.75, 3.05) is 24.4 Å². The van der Waals surface area contributed by atoms with Gasteiger partial charge in [0.15, 0.2) is 5.13 Å². The Morgan fingerprint density at radius 1 is 1.20 bits per heavy atom. The summed E-state index contributed by atoms with van der Waals surface area (Å²) in [6, 6.07) is 0. The number of fused-ring (bicyclic) bond motifs is 1. The van der Waals surface area contributed by atoms with Crippen molar-refractivity contribution in [3.63, 3.8) is 0 Å². The largest absolute Gasteiger partial charge is 0.311 e. The Kier molecular flexibility index (Phi) is 4.25. The van der Waals surface area contributed by atoms with Gasteiger partial charge in [0.25, 0.3) is 0 Å². The topological polar surface area (TPSA) is 74.3 Å². The molecule has 112 valence electrons. The van der Waals surface area contributed by atoms with Gasteiger partial charge in [-0.05, 0) is 12.8 Å².